The highest BCUT2D eigenvalue weighted by molar-refractivity contribution is 5.94. The molecule has 27 heavy (non-hydrogen) atoms. The molecule has 0 spiro atoms. The molecule has 0 aliphatic carbocycles. The molecule has 1 fully saturated rings. The smallest absolute Gasteiger partial charge is 0.253 e. The van der Waals surface area contributed by atoms with Crippen LogP contribution in [0, 0.1) is 0 Å². The minimum absolute atomic E-state index is 0.0184. The van der Waals surface area contributed by atoms with Gasteiger partial charge in [0, 0.05) is 37.4 Å². The third-order valence-corrected chi connectivity index (χ3v) is 4.91. The van der Waals surface area contributed by atoms with Crippen molar-refractivity contribution in [1.29, 1.82) is 0 Å². The van der Waals surface area contributed by atoms with Gasteiger partial charge in [-0.25, -0.2) is 0 Å². The van der Waals surface area contributed by atoms with Crippen LogP contribution in [0.5, 0.6) is 0 Å². The summed E-state index contributed by atoms with van der Waals surface area (Å²) in [6.07, 6.45) is 0. The van der Waals surface area contributed by atoms with Crippen molar-refractivity contribution in [3.63, 3.8) is 0 Å². The van der Waals surface area contributed by atoms with Crippen LogP contribution in [-0.2, 0) is 4.79 Å². The maximum absolute atomic E-state index is 12.5. The molecule has 2 aromatic carbocycles. The van der Waals surface area contributed by atoms with Gasteiger partial charge in [0.05, 0.1) is 6.54 Å². The first kappa shape index (κ1) is 19.1. The van der Waals surface area contributed by atoms with Crippen molar-refractivity contribution >= 4 is 17.5 Å². The molecule has 0 atom stereocenters. The second-order valence-electron chi connectivity index (χ2n) is 7.26. The lowest BCUT2D eigenvalue weighted by Gasteiger charge is -2.34. The third-order valence-electron chi connectivity index (χ3n) is 4.91. The van der Waals surface area contributed by atoms with Crippen LogP contribution in [0.25, 0.3) is 0 Å². The molecule has 0 aromatic heterocycles. The van der Waals surface area contributed by atoms with Crippen LogP contribution in [0.15, 0.2) is 54.6 Å². The Balaban J connectivity index is 1.46. The summed E-state index contributed by atoms with van der Waals surface area (Å²) in [6, 6.07) is 17.3. The minimum Gasteiger partial charge on any atom is -0.336 e. The molecule has 0 unspecified atom stereocenters. The Hall–Kier alpha value is -2.66. The molecule has 142 valence electrons. The van der Waals surface area contributed by atoms with Crippen LogP contribution in [-0.4, -0.2) is 54.3 Å². The Labute approximate surface area is 161 Å². The van der Waals surface area contributed by atoms with Crippen molar-refractivity contribution in [3.05, 3.63) is 65.7 Å². The van der Waals surface area contributed by atoms with Gasteiger partial charge in [0.15, 0.2) is 0 Å². The number of carbonyl (C=O) groups excluding carboxylic acids is 2. The van der Waals surface area contributed by atoms with Crippen molar-refractivity contribution in [3.8, 4) is 0 Å². The molecular formula is C22H27N3O2. The first-order chi connectivity index (χ1) is 13.0. The van der Waals surface area contributed by atoms with Gasteiger partial charge in [0.25, 0.3) is 5.91 Å². The quantitative estimate of drug-likeness (QED) is 0.885. The van der Waals surface area contributed by atoms with Gasteiger partial charge in [-0.2, -0.15) is 0 Å². The lowest BCUT2D eigenvalue weighted by atomic mass is 10.0. The van der Waals surface area contributed by atoms with Gasteiger partial charge in [-0.3, -0.25) is 14.5 Å². The molecule has 1 saturated heterocycles. The van der Waals surface area contributed by atoms with Crippen molar-refractivity contribution in [2.75, 3.05) is 38.0 Å². The Morgan fingerprint density at radius 3 is 2.15 bits per heavy atom. The normalized spacial score (nSPS) is 15.0. The Kier molecular flexibility index (Phi) is 6.24. The average Bonchev–Trinajstić information content (AvgIpc) is 2.69. The molecule has 3 rings (SSSR count). The van der Waals surface area contributed by atoms with Crippen molar-refractivity contribution in [1.82, 2.24) is 9.80 Å². The summed E-state index contributed by atoms with van der Waals surface area (Å²) < 4.78 is 0. The number of rotatable bonds is 5. The number of nitrogens with zero attached hydrogens (tertiary/aromatic N) is 2. The van der Waals surface area contributed by atoms with Crippen LogP contribution < -0.4 is 5.32 Å². The molecule has 5 nitrogen and oxygen atoms in total. The molecule has 1 aliphatic rings. The van der Waals surface area contributed by atoms with E-state index in [9.17, 15) is 9.59 Å². The Morgan fingerprint density at radius 2 is 1.56 bits per heavy atom. The van der Waals surface area contributed by atoms with E-state index >= 15 is 0 Å². The van der Waals surface area contributed by atoms with E-state index in [1.54, 1.807) is 0 Å². The predicted molar refractivity (Wildman–Crippen MR) is 108 cm³/mol. The number of piperazine rings is 1. The fourth-order valence-electron chi connectivity index (χ4n) is 3.23. The monoisotopic (exact) mass is 365 g/mol. The van der Waals surface area contributed by atoms with Crippen LogP contribution in [0.1, 0.15) is 35.7 Å². The average molecular weight is 365 g/mol. The highest BCUT2D eigenvalue weighted by atomic mass is 16.2. The second kappa shape index (κ2) is 8.82. The summed E-state index contributed by atoms with van der Waals surface area (Å²) in [5.41, 5.74) is 2.79. The molecule has 1 heterocycles. The summed E-state index contributed by atoms with van der Waals surface area (Å²) in [7, 11) is 0. The lowest BCUT2D eigenvalue weighted by molar-refractivity contribution is -0.117. The summed E-state index contributed by atoms with van der Waals surface area (Å²) in [6.45, 7) is 7.34. The first-order valence-corrected chi connectivity index (χ1v) is 9.49. The standard InChI is InChI=1S/C22H27N3O2/c1-17(2)18-8-10-20(11-9-18)23-21(26)16-24-12-14-25(15-13-24)22(27)19-6-4-3-5-7-19/h3-11,17H,12-16H2,1-2H3,(H,23,26). The molecule has 1 aliphatic heterocycles. The number of hydrogen-bond acceptors (Lipinski definition) is 3. The highest BCUT2D eigenvalue weighted by Gasteiger charge is 2.23. The zero-order valence-corrected chi connectivity index (χ0v) is 16.0. The van der Waals surface area contributed by atoms with E-state index in [0.29, 0.717) is 44.2 Å². The number of hydrogen-bond donors (Lipinski definition) is 1. The van der Waals surface area contributed by atoms with Gasteiger partial charge in [-0.05, 0) is 35.7 Å². The lowest BCUT2D eigenvalue weighted by Crippen LogP contribution is -2.50. The predicted octanol–water partition coefficient (Wildman–Crippen LogP) is 3.21. The summed E-state index contributed by atoms with van der Waals surface area (Å²) in [5, 5.41) is 2.95. The maximum atomic E-state index is 12.5. The van der Waals surface area contributed by atoms with E-state index in [1.165, 1.54) is 5.56 Å². The van der Waals surface area contributed by atoms with Gasteiger partial charge in [0.2, 0.25) is 5.91 Å². The largest absolute Gasteiger partial charge is 0.336 e. The van der Waals surface area contributed by atoms with Gasteiger partial charge in [-0.1, -0.05) is 44.2 Å². The first-order valence-electron chi connectivity index (χ1n) is 9.49. The molecule has 0 saturated carbocycles. The zero-order chi connectivity index (χ0) is 19.2. The van der Waals surface area contributed by atoms with E-state index in [2.05, 4.69) is 24.1 Å². The molecular weight excluding hydrogens is 338 g/mol. The van der Waals surface area contributed by atoms with E-state index in [0.717, 1.165) is 5.69 Å². The number of benzene rings is 2. The molecule has 1 N–H and O–H groups in total. The summed E-state index contributed by atoms with van der Waals surface area (Å²) >= 11 is 0. The van der Waals surface area contributed by atoms with Crippen LogP contribution in [0.4, 0.5) is 5.69 Å². The zero-order valence-electron chi connectivity index (χ0n) is 16.0. The second-order valence-corrected chi connectivity index (χ2v) is 7.26. The number of anilines is 1. The van der Waals surface area contributed by atoms with E-state index in [4.69, 9.17) is 0 Å². The van der Waals surface area contributed by atoms with Crippen LogP contribution >= 0.6 is 0 Å². The summed E-state index contributed by atoms with van der Waals surface area (Å²) in [5.74, 6) is 0.518. The molecule has 2 aromatic rings. The molecule has 0 bridgehead atoms. The van der Waals surface area contributed by atoms with Crippen LogP contribution in [0.2, 0.25) is 0 Å². The topological polar surface area (TPSA) is 52.7 Å². The van der Waals surface area contributed by atoms with Gasteiger partial charge in [0.1, 0.15) is 0 Å². The third kappa shape index (κ3) is 5.17. The van der Waals surface area contributed by atoms with E-state index in [1.807, 2.05) is 59.5 Å². The molecule has 5 heteroatoms. The number of carbonyl (C=O) groups is 2. The van der Waals surface area contributed by atoms with Crippen LogP contribution in [0.3, 0.4) is 0 Å². The van der Waals surface area contributed by atoms with E-state index in [-0.39, 0.29) is 11.8 Å². The van der Waals surface area contributed by atoms with E-state index < -0.39 is 0 Å². The molecule has 0 radical (unpaired) electrons. The molecule has 2 amide bonds. The minimum atomic E-state index is -0.0184. The van der Waals surface area contributed by atoms with Crippen molar-refractivity contribution in [2.24, 2.45) is 0 Å². The Morgan fingerprint density at radius 1 is 0.926 bits per heavy atom. The number of nitrogens with one attached hydrogen (secondary N) is 1. The fourth-order valence-corrected chi connectivity index (χ4v) is 3.23. The van der Waals surface area contributed by atoms with Crippen molar-refractivity contribution < 1.29 is 9.59 Å². The number of amides is 2. The van der Waals surface area contributed by atoms with Gasteiger partial charge in [-0.15, -0.1) is 0 Å². The van der Waals surface area contributed by atoms with Crippen molar-refractivity contribution in [2.45, 2.75) is 19.8 Å². The van der Waals surface area contributed by atoms with Gasteiger partial charge >= 0.3 is 0 Å². The maximum Gasteiger partial charge on any atom is 0.253 e. The van der Waals surface area contributed by atoms with Gasteiger partial charge < -0.3 is 10.2 Å². The highest BCUT2D eigenvalue weighted by Crippen LogP contribution is 2.17. The summed E-state index contributed by atoms with van der Waals surface area (Å²) in [4.78, 5) is 28.7. The SMILES string of the molecule is CC(C)c1ccc(NC(=O)CN2CCN(C(=O)c3ccccc3)CC2)cc1. The Bertz CT molecular complexity index is 764. The fraction of sp³-hybridized carbons (Fsp3) is 0.364.